The number of benzene rings is 2. The van der Waals surface area contributed by atoms with Crippen LogP contribution in [0.3, 0.4) is 0 Å². The van der Waals surface area contributed by atoms with Gasteiger partial charge in [-0.2, -0.15) is 5.10 Å². The summed E-state index contributed by atoms with van der Waals surface area (Å²) in [6, 6.07) is 8.27. The minimum absolute atomic E-state index is 0.114. The van der Waals surface area contributed by atoms with E-state index in [1.807, 2.05) is 0 Å². The van der Waals surface area contributed by atoms with Crippen molar-refractivity contribution in [2.75, 3.05) is 17.1 Å². The molecule has 0 saturated carbocycles. The third-order valence-corrected chi connectivity index (χ3v) is 5.43. The average Bonchev–Trinajstić information content (AvgIpc) is 3.22. The molecule has 0 aliphatic heterocycles. The van der Waals surface area contributed by atoms with Crippen molar-refractivity contribution in [3.63, 3.8) is 0 Å². The number of aromatic nitrogens is 3. The molecule has 0 spiro atoms. The molecule has 0 aliphatic carbocycles. The molecule has 0 unspecified atom stereocenters. The number of anilines is 2. The molecule has 1 heterocycles. The van der Waals surface area contributed by atoms with Crippen molar-refractivity contribution in [2.24, 2.45) is 0 Å². The lowest BCUT2D eigenvalue weighted by atomic mass is 10.2. The van der Waals surface area contributed by atoms with E-state index in [-0.39, 0.29) is 22.2 Å². The summed E-state index contributed by atoms with van der Waals surface area (Å²) in [6.07, 6.45) is 2.74. The fraction of sp³-hybridized carbons (Fsp3) is 0.167. The lowest BCUT2D eigenvalue weighted by molar-refractivity contribution is -0.119. The summed E-state index contributed by atoms with van der Waals surface area (Å²) in [4.78, 5) is 16.1. The van der Waals surface area contributed by atoms with E-state index in [0.717, 1.165) is 24.3 Å². The zero-order chi connectivity index (χ0) is 21.0. The van der Waals surface area contributed by atoms with E-state index >= 15 is 0 Å². The van der Waals surface area contributed by atoms with Crippen LogP contribution in [-0.4, -0.2) is 36.2 Å². The van der Waals surface area contributed by atoms with Gasteiger partial charge >= 0.3 is 0 Å². The van der Waals surface area contributed by atoms with Gasteiger partial charge in [0.25, 0.3) is 10.0 Å². The fourth-order valence-corrected chi connectivity index (χ4v) is 3.53. The van der Waals surface area contributed by atoms with Crippen molar-refractivity contribution in [2.45, 2.75) is 17.9 Å². The monoisotopic (exact) mass is 419 g/mol. The van der Waals surface area contributed by atoms with Crippen molar-refractivity contribution in [3.8, 4) is 5.75 Å². The molecule has 0 fully saturated rings. The summed E-state index contributed by atoms with van der Waals surface area (Å²) < 4.78 is 47.2. The summed E-state index contributed by atoms with van der Waals surface area (Å²) in [6.45, 7) is 1.64. The summed E-state index contributed by atoms with van der Waals surface area (Å²) in [7, 11) is -2.61. The first kappa shape index (κ1) is 20.3. The number of sulfonamides is 1. The van der Waals surface area contributed by atoms with Crippen molar-refractivity contribution >= 4 is 27.3 Å². The number of hydrogen-bond acceptors (Lipinski definition) is 6. The Bertz CT molecular complexity index is 1100. The second-order valence-corrected chi connectivity index (χ2v) is 7.70. The van der Waals surface area contributed by atoms with E-state index in [2.05, 4.69) is 20.1 Å². The van der Waals surface area contributed by atoms with Crippen LogP contribution in [0.4, 0.5) is 15.8 Å². The molecular formula is C18H18FN5O4S. The van der Waals surface area contributed by atoms with Crippen LogP contribution >= 0.6 is 0 Å². The molecule has 0 saturated heterocycles. The van der Waals surface area contributed by atoms with Crippen LogP contribution in [0.15, 0.2) is 60.0 Å². The lowest BCUT2D eigenvalue weighted by Gasteiger charge is -2.15. The minimum atomic E-state index is -3.99. The van der Waals surface area contributed by atoms with E-state index in [4.69, 9.17) is 4.74 Å². The predicted octanol–water partition coefficient (Wildman–Crippen LogP) is 2.43. The highest BCUT2D eigenvalue weighted by atomic mass is 32.2. The average molecular weight is 419 g/mol. The number of rotatable bonds is 7. The molecule has 0 bridgehead atoms. The SMILES string of the molecule is COc1ccc(NC(=O)[C@H](C)n2cncn2)cc1NS(=O)(=O)c1ccc(F)cc1. The summed E-state index contributed by atoms with van der Waals surface area (Å²) in [5.74, 6) is -0.668. The second-order valence-electron chi connectivity index (χ2n) is 6.02. The van der Waals surface area contributed by atoms with Crippen LogP contribution in [0.25, 0.3) is 0 Å². The third-order valence-electron chi connectivity index (χ3n) is 4.05. The maximum absolute atomic E-state index is 13.1. The number of halogens is 1. The second kappa shape index (κ2) is 8.27. The highest BCUT2D eigenvalue weighted by Gasteiger charge is 2.19. The van der Waals surface area contributed by atoms with Crippen LogP contribution in [0.1, 0.15) is 13.0 Å². The Labute approximate surface area is 166 Å². The van der Waals surface area contributed by atoms with Crippen LogP contribution in [0.2, 0.25) is 0 Å². The summed E-state index contributed by atoms with van der Waals surface area (Å²) in [5.41, 5.74) is 0.461. The van der Waals surface area contributed by atoms with Crippen LogP contribution in [0.5, 0.6) is 5.75 Å². The van der Waals surface area contributed by atoms with Crippen molar-refractivity contribution in [1.29, 1.82) is 0 Å². The lowest BCUT2D eigenvalue weighted by Crippen LogP contribution is -2.24. The number of nitrogens with one attached hydrogen (secondary N) is 2. The zero-order valence-corrected chi connectivity index (χ0v) is 16.4. The molecular weight excluding hydrogens is 401 g/mol. The van der Waals surface area contributed by atoms with E-state index < -0.39 is 21.9 Å². The highest BCUT2D eigenvalue weighted by molar-refractivity contribution is 7.92. The Morgan fingerprint density at radius 2 is 1.93 bits per heavy atom. The number of carbonyl (C=O) groups excluding carboxylic acids is 1. The molecule has 2 aromatic carbocycles. The van der Waals surface area contributed by atoms with Gasteiger partial charge in [0.2, 0.25) is 5.91 Å². The summed E-state index contributed by atoms with van der Waals surface area (Å²) in [5, 5.41) is 6.61. The molecule has 1 atom stereocenters. The summed E-state index contributed by atoms with van der Waals surface area (Å²) >= 11 is 0. The molecule has 2 N–H and O–H groups in total. The molecule has 29 heavy (non-hydrogen) atoms. The topological polar surface area (TPSA) is 115 Å². The molecule has 3 rings (SSSR count). The Morgan fingerprint density at radius 3 is 2.55 bits per heavy atom. The van der Waals surface area contributed by atoms with Gasteiger partial charge in [-0.05, 0) is 49.4 Å². The smallest absolute Gasteiger partial charge is 0.262 e. The first-order valence-corrected chi connectivity index (χ1v) is 9.90. The van der Waals surface area contributed by atoms with Crippen LogP contribution in [0, 0.1) is 5.82 Å². The Kier molecular flexibility index (Phi) is 5.78. The van der Waals surface area contributed by atoms with Crippen molar-refractivity contribution < 1.29 is 22.3 Å². The number of amides is 1. The Morgan fingerprint density at radius 1 is 1.21 bits per heavy atom. The normalized spacial score (nSPS) is 12.2. The van der Waals surface area contributed by atoms with E-state index in [9.17, 15) is 17.6 Å². The van der Waals surface area contributed by atoms with E-state index in [1.165, 1.54) is 36.6 Å². The van der Waals surface area contributed by atoms with Gasteiger partial charge in [-0.1, -0.05) is 0 Å². The quantitative estimate of drug-likeness (QED) is 0.608. The number of carbonyl (C=O) groups is 1. The maximum atomic E-state index is 13.1. The fourth-order valence-electron chi connectivity index (χ4n) is 2.47. The number of nitrogens with zero attached hydrogens (tertiary/aromatic N) is 3. The first-order valence-electron chi connectivity index (χ1n) is 8.41. The van der Waals surface area contributed by atoms with Crippen LogP contribution < -0.4 is 14.8 Å². The Balaban J connectivity index is 1.83. The molecule has 1 amide bonds. The molecule has 152 valence electrons. The van der Waals surface area contributed by atoms with E-state index in [1.54, 1.807) is 13.0 Å². The van der Waals surface area contributed by atoms with Gasteiger partial charge < -0.3 is 10.1 Å². The van der Waals surface area contributed by atoms with Gasteiger partial charge in [0.15, 0.2) is 0 Å². The van der Waals surface area contributed by atoms with Gasteiger partial charge in [-0.25, -0.2) is 22.5 Å². The van der Waals surface area contributed by atoms with Gasteiger partial charge in [0.1, 0.15) is 30.3 Å². The molecule has 9 nitrogen and oxygen atoms in total. The highest BCUT2D eigenvalue weighted by Crippen LogP contribution is 2.30. The number of ether oxygens (including phenoxy) is 1. The standard InChI is InChI=1S/C18H18FN5O4S/c1-12(24-11-20-10-21-24)18(25)22-14-5-8-17(28-2)16(9-14)23-29(26,27)15-6-3-13(19)4-7-15/h3-12,23H,1-2H3,(H,22,25)/t12-/m0/s1. The molecule has 0 radical (unpaired) electrons. The number of methoxy groups -OCH3 is 1. The first-order chi connectivity index (χ1) is 13.8. The maximum Gasteiger partial charge on any atom is 0.262 e. The van der Waals surface area contributed by atoms with Gasteiger partial charge in [-0.15, -0.1) is 0 Å². The third kappa shape index (κ3) is 4.69. The minimum Gasteiger partial charge on any atom is -0.495 e. The zero-order valence-electron chi connectivity index (χ0n) is 15.5. The molecule has 3 aromatic rings. The largest absolute Gasteiger partial charge is 0.495 e. The molecule has 0 aliphatic rings. The van der Waals surface area contributed by atoms with Crippen molar-refractivity contribution in [1.82, 2.24) is 14.8 Å². The van der Waals surface area contributed by atoms with Gasteiger partial charge in [0, 0.05) is 5.69 Å². The molecule has 11 heteroatoms. The van der Waals surface area contributed by atoms with Crippen molar-refractivity contribution in [3.05, 3.63) is 60.9 Å². The van der Waals surface area contributed by atoms with Gasteiger partial charge in [-0.3, -0.25) is 9.52 Å². The van der Waals surface area contributed by atoms with Gasteiger partial charge in [0.05, 0.1) is 17.7 Å². The Hall–Kier alpha value is -3.47. The van der Waals surface area contributed by atoms with Crippen LogP contribution in [-0.2, 0) is 14.8 Å². The predicted molar refractivity (Wildman–Crippen MR) is 104 cm³/mol. The van der Waals surface area contributed by atoms with E-state index in [0.29, 0.717) is 5.69 Å². The molecule has 1 aromatic heterocycles. The number of hydrogen-bond donors (Lipinski definition) is 2.